The van der Waals surface area contributed by atoms with Crippen LogP contribution in [0.5, 0.6) is 0 Å². The van der Waals surface area contributed by atoms with Crippen LogP contribution in [0.15, 0.2) is 328 Å². The minimum atomic E-state index is -0.377. The maximum absolute atomic E-state index is 2.56. The lowest BCUT2D eigenvalue weighted by Crippen LogP contribution is -2.24. The fourth-order valence-corrected chi connectivity index (χ4v) is 17.6. The Balaban J connectivity index is 0.750. The van der Waals surface area contributed by atoms with E-state index in [-0.39, 0.29) is 10.8 Å². The SMILES string of the molecule is CC1(C)c2ccccc2-c2ccc(-c3cc(-c4ccc5c(c4)C(C)(Cc4cc6ccccc6c6c4ccc4ccc(-c7cc(-c8ccccc8)cc(-n8c9ccccc9c9ccccc98)c7)cc46)c4ccccc4-5)cc(-c4ccc5ccc6ccc7ccccc7c6c5c4)c3)cc21. The molecule has 0 saturated carbocycles. The Morgan fingerprint density at radius 3 is 1.31 bits per heavy atom. The molecule has 1 nitrogen and oxygen atoms in total. The summed E-state index contributed by atoms with van der Waals surface area (Å²) in [6.45, 7) is 7.30. The van der Waals surface area contributed by atoms with Gasteiger partial charge in [0.2, 0.25) is 0 Å². The van der Waals surface area contributed by atoms with Gasteiger partial charge in [0.25, 0.3) is 0 Å². The van der Waals surface area contributed by atoms with Gasteiger partial charge < -0.3 is 4.57 Å². The van der Waals surface area contributed by atoms with E-state index in [9.17, 15) is 0 Å². The van der Waals surface area contributed by atoms with Gasteiger partial charge in [0.15, 0.2) is 0 Å². The number of nitrogens with zero attached hydrogens (tertiary/aromatic N) is 1. The average molecular weight is 1230 g/mol. The number of hydrogen-bond donors (Lipinski definition) is 0. The molecule has 0 spiro atoms. The van der Waals surface area contributed by atoms with E-state index in [4.69, 9.17) is 0 Å². The lowest BCUT2D eigenvalue weighted by Gasteiger charge is -2.29. The Bertz CT molecular complexity index is 6330. The molecule has 17 aromatic carbocycles. The fourth-order valence-electron chi connectivity index (χ4n) is 17.6. The predicted molar refractivity (Wildman–Crippen MR) is 413 cm³/mol. The molecule has 2 aliphatic carbocycles. The van der Waals surface area contributed by atoms with E-state index >= 15 is 0 Å². The highest BCUT2D eigenvalue weighted by atomic mass is 15.0. The van der Waals surface area contributed by atoms with Crippen LogP contribution in [0.25, 0.3) is 170 Å². The van der Waals surface area contributed by atoms with Gasteiger partial charge in [-0.3, -0.25) is 0 Å². The van der Waals surface area contributed by atoms with E-state index in [1.165, 1.54) is 192 Å². The highest BCUT2D eigenvalue weighted by molar-refractivity contribution is 6.23. The van der Waals surface area contributed by atoms with Crippen LogP contribution < -0.4 is 0 Å². The Labute approximate surface area is 564 Å². The van der Waals surface area contributed by atoms with Gasteiger partial charge in [-0.2, -0.15) is 0 Å². The normalized spacial score (nSPS) is 14.5. The van der Waals surface area contributed by atoms with Crippen molar-refractivity contribution in [3.8, 4) is 83.6 Å². The van der Waals surface area contributed by atoms with Gasteiger partial charge >= 0.3 is 0 Å². The monoisotopic (exact) mass is 1230 g/mol. The largest absolute Gasteiger partial charge is 0.309 e. The predicted octanol–water partition coefficient (Wildman–Crippen LogP) is 25.9. The molecular formula is C96H65N. The molecule has 0 amide bonds. The number of fused-ring (bicyclic) bond motifs is 19. The summed E-state index contributed by atoms with van der Waals surface area (Å²) in [4.78, 5) is 0. The van der Waals surface area contributed by atoms with Crippen molar-refractivity contribution in [3.63, 3.8) is 0 Å². The second kappa shape index (κ2) is 21.1. The summed E-state index contributed by atoms with van der Waals surface area (Å²) in [5.41, 5.74) is 27.2. The van der Waals surface area contributed by atoms with Gasteiger partial charge in [-0.15, -0.1) is 0 Å². The van der Waals surface area contributed by atoms with Crippen molar-refractivity contribution in [1.29, 1.82) is 0 Å². The summed E-state index contributed by atoms with van der Waals surface area (Å²) >= 11 is 0. The Kier molecular flexibility index (Phi) is 12.1. The van der Waals surface area contributed by atoms with Crippen LogP contribution in [0.2, 0.25) is 0 Å². The molecule has 1 heteroatoms. The highest BCUT2D eigenvalue weighted by Gasteiger charge is 2.40. The smallest absolute Gasteiger partial charge is 0.0541 e. The maximum atomic E-state index is 2.56. The van der Waals surface area contributed by atoms with Gasteiger partial charge in [0.05, 0.1) is 11.0 Å². The van der Waals surface area contributed by atoms with E-state index in [1.54, 1.807) is 0 Å². The highest BCUT2D eigenvalue weighted by Crippen LogP contribution is 2.54. The average Bonchev–Trinajstić information content (AvgIpc) is 1.65. The van der Waals surface area contributed by atoms with Crippen LogP contribution in [0.3, 0.4) is 0 Å². The minimum Gasteiger partial charge on any atom is -0.309 e. The lowest BCUT2D eigenvalue weighted by atomic mass is 9.73. The van der Waals surface area contributed by atoms with Crippen molar-refractivity contribution in [2.45, 2.75) is 38.0 Å². The van der Waals surface area contributed by atoms with Crippen molar-refractivity contribution >= 4 is 86.4 Å². The number of benzene rings is 17. The van der Waals surface area contributed by atoms with Gasteiger partial charge in [-0.25, -0.2) is 0 Å². The number of hydrogen-bond acceptors (Lipinski definition) is 0. The third-order valence-electron chi connectivity index (χ3n) is 22.3. The maximum Gasteiger partial charge on any atom is 0.0541 e. The van der Waals surface area contributed by atoms with Crippen molar-refractivity contribution in [1.82, 2.24) is 4.57 Å². The van der Waals surface area contributed by atoms with Crippen LogP contribution in [0, 0.1) is 0 Å². The lowest BCUT2D eigenvalue weighted by molar-refractivity contribution is 0.586. The molecule has 0 saturated heterocycles. The molecule has 0 bridgehead atoms. The molecule has 2 aliphatic rings. The van der Waals surface area contributed by atoms with Gasteiger partial charge in [0.1, 0.15) is 0 Å². The summed E-state index contributed by atoms with van der Waals surface area (Å²) in [7, 11) is 0. The van der Waals surface area contributed by atoms with Crippen LogP contribution in [-0.4, -0.2) is 4.57 Å². The van der Waals surface area contributed by atoms with E-state index in [0.29, 0.717) is 0 Å². The topological polar surface area (TPSA) is 4.93 Å². The number of rotatable bonds is 8. The van der Waals surface area contributed by atoms with E-state index < -0.39 is 0 Å². The second-order valence-electron chi connectivity index (χ2n) is 28.1. The molecule has 0 radical (unpaired) electrons. The third kappa shape index (κ3) is 8.51. The zero-order valence-corrected chi connectivity index (χ0v) is 54.3. The van der Waals surface area contributed by atoms with Crippen molar-refractivity contribution in [2.24, 2.45) is 0 Å². The van der Waals surface area contributed by atoms with Crippen LogP contribution in [0.4, 0.5) is 0 Å². The fraction of sp³-hybridized carbons (Fsp3) is 0.0625. The summed E-state index contributed by atoms with van der Waals surface area (Å²) in [5, 5.41) is 17.7. The molecule has 20 rings (SSSR count). The number of para-hydroxylation sites is 2. The molecular weight excluding hydrogens is 1170 g/mol. The first kappa shape index (κ1) is 55.5. The number of aromatic nitrogens is 1. The summed E-state index contributed by atoms with van der Waals surface area (Å²) in [6, 6.07) is 125. The Morgan fingerprint density at radius 1 is 0.237 bits per heavy atom. The first-order valence-electron chi connectivity index (χ1n) is 34.2. The van der Waals surface area contributed by atoms with E-state index in [1.807, 2.05) is 0 Å². The first-order valence-corrected chi connectivity index (χ1v) is 34.2. The Hall–Kier alpha value is -11.9. The summed E-state index contributed by atoms with van der Waals surface area (Å²) < 4.78 is 2.46. The van der Waals surface area contributed by atoms with Crippen LogP contribution >= 0.6 is 0 Å². The molecule has 1 heterocycles. The van der Waals surface area contributed by atoms with E-state index in [2.05, 4.69) is 353 Å². The van der Waals surface area contributed by atoms with Crippen molar-refractivity contribution < 1.29 is 0 Å². The quantitative estimate of drug-likeness (QED) is 0.134. The molecule has 454 valence electrons. The minimum absolute atomic E-state index is 0.133. The van der Waals surface area contributed by atoms with Crippen LogP contribution in [0.1, 0.15) is 48.6 Å². The molecule has 1 unspecified atom stereocenters. The molecule has 18 aromatic rings. The molecule has 1 aromatic heterocycles. The molecule has 1 atom stereocenters. The molecule has 0 aliphatic heterocycles. The second-order valence-corrected chi connectivity index (χ2v) is 28.1. The first-order chi connectivity index (χ1) is 47.7. The van der Waals surface area contributed by atoms with Crippen molar-refractivity contribution in [3.05, 3.63) is 355 Å². The third-order valence-corrected chi connectivity index (χ3v) is 22.3. The van der Waals surface area contributed by atoms with Gasteiger partial charge in [-0.05, 0) is 250 Å². The summed E-state index contributed by atoms with van der Waals surface area (Å²) in [6.07, 6.45) is 0.812. The zero-order chi connectivity index (χ0) is 64.3. The van der Waals surface area contributed by atoms with E-state index in [0.717, 1.165) is 12.1 Å². The Morgan fingerprint density at radius 2 is 0.660 bits per heavy atom. The molecule has 97 heavy (non-hydrogen) atoms. The molecule has 0 N–H and O–H groups in total. The van der Waals surface area contributed by atoms with Gasteiger partial charge in [0, 0.05) is 27.3 Å². The zero-order valence-electron chi connectivity index (χ0n) is 54.3. The summed E-state index contributed by atoms with van der Waals surface area (Å²) in [5.74, 6) is 0. The van der Waals surface area contributed by atoms with Crippen LogP contribution in [-0.2, 0) is 17.3 Å². The van der Waals surface area contributed by atoms with Crippen molar-refractivity contribution in [2.75, 3.05) is 0 Å². The van der Waals surface area contributed by atoms with Gasteiger partial charge in [-0.1, -0.05) is 276 Å². The molecule has 0 fully saturated rings. The standard InChI is InChI=1S/C96H65N/c1-95(2)87-29-15-11-25-79(87)81-45-42-66(56-89(81)95)70-48-69(64-39-35-61-34-38-63-37-33-60-21-7-9-23-76(60)93(63)85(61)54-64)49-71(50-70)67-43-46-82-80-26-12-16-30-88(80)96(3,90(82)57-67)58-74-47-68-22-8-10-24-77(68)94-78(74)44-41-62-36-40-65(55-86(62)94)73-51-72(59-19-5-4-6-20-59)52-75(53-73)97-91-31-17-13-27-83(91)84-28-14-18-32-92(84)97/h4-57H,58H2,1-3H3.